The molecule has 0 saturated heterocycles. The third-order valence-electron chi connectivity index (χ3n) is 1.90. The first-order valence-electron chi connectivity index (χ1n) is 4.12. The number of amides is 2. The normalized spacial score (nSPS) is 19.2. The van der Waals surface area contributed by atoms with Crippen LogP contribution >= 0.6 is 12.2 Å². The number of nitrogens with one attached hydrogen (secondary N) is 3. The summed E-state index contributed by atoms with van der Waals surface area (Å²) in [6, 6.07) is -0.695. The SMILES string of the molecule is CC1=CC(=S)N2NN(C(=O)NO)C=C2N1. The van der Waals surface area contributed by atoms with Crippen LogP contribution in [-0.4, -0.2) is 26.2 Å². The highest BCUT2D eigenvalue weighted by Gasteiger charge is 2.29. The van der Waals surface area contributed by atoms with Gasteiger partial charge in [-0.05, 0) is 13.0 Å². The average Bonchev–Trinajstić information content (AvgIpc) is 2.60. The van der Waals surface area contributed by atoms with Gasteiger partial charge in [-0.2, -0.15) is 0 Å². The van der Waals surface area contributed by atoms with Crippen molar-refractivity contribution >= 4 is 23.2 Å². The highest BCUT2D eigenvalue weighted by Crippen LogP contribution is 2.16. The quantitative estimate of drug-likeness (QED) is 0.260. The summed E-state index contributed by atoms with van der Waals surface area (Å²) in [7, 11) is 0. The zero-order valence-corrected chi connectivity index (χ0v) is 8.63. The molecule has 15 heavy (non-hydrogen) atoms. The Labute approximate surface area is 90.9 Å². The Hall–Kier alpha value is -1.64. The maximum Gasteiger partial charge on any atom is 0.361 e. The largest absolute Gasteiger partial charge is 0.361 e. The molecule has 2 heterocycles. The number of hydrazine groups is 2. The van der Waals surface area contributed by atoms with Crippen LogP contribution in [0.3, 0.4) is 0 Å². The summed E-state index contributed by atoms with van der Waals surface area (Å²) in [5.74, 6) is 0.628. The maximum atomic E-state index is 11.1. The molecule has 0 aromatic rings. The summed E-state index contributed by atoms with van der Waals surface area (Å²) >= 11 is 5.08. The number of thiocarbonyl (C=S) groups is 1. The molecular formula is C7H9N5O2S. The van der Waals surface area contributed by atoms with Crippen molar-refractivity contribution in [3.8, 4) is 0 Å². The van der Waals surface area contributed by atoms with Gasteiger partial charge in [0.2, 0.25) is 0 Å². The second-order valence-electron chi connectivity index (χ2n) is 3.03. The van der Waals surface area contributed by atoms with E-state index in [0.29, 0.717) is 10.8 Å². The fourth-order valence-electron chi connectivity index (χ4n) is 1.27. The number of nitrogens with zero attached hydrogens (tertiary/aromatic N) is 2. The molecule has 7 nitrogen and oxygen atoms in total. The lowest BCUT2D eigenvalue weighted by Crippen LogP contribution is -2.50. The Kier molecular flexibility index (Phi) is 2.31. The Balaban J connectivity index is 2.21. The maximum absolute atomic E-state index is 11.1. The lowest BCUT2D eigenvalue weighted by molar-refractivity contribution is 0.116. The van der Waals surface area contributed by atoms with Gasteiger partial charge >= 0.3 is 6.03 Å². The fourth-order valence-corrected chi connectivity index (χ4v) is 1.59. The Bertz CT molecular complexity index is 391. The summed E-state index contributed by atoms with van der Waals surface area (Å²) in [4.78, 5) is 11.6. The molecule has 0 spiro atoms. The number of carbonyl (C=O) groups excluding carboxylic acids is 1. The fraction of sp³-hybridized carbons (Fsp3) is 0.143. The minimum Gasteiger partial charge on any atom is -0.343 e. The van der Waals surface area contributed by atoms with Gasteiger partial charge in [0.15, 0.2) is 0 Å². The molecule has 0 fully saturated rings. The standard InChI is InChI=1S/C7H9N5O2S/c1-4-2-6(15)12-5(8-4)3-11(10-12)7(13)9-14/h2-3,8,10,14H,1H3,(H,9,13). The van der Waals surface area contributed by atoms with E-state index in [1.54, 1.807) is 6.08 Å². The molecule has 2 aliphatic heterocycles. The van der Waals surface area contributed by atoms with Crippen LogP contribution in [0, 0.1) is 0 Å². The summed E-state index contributed by atoms with van der Waals surface area (Å²) in [6.45, 7) is 1.86. The van der Waals surface area contributed by atoms with E-state index < -0.39 is 6.03 Å². The smallest absolute Gasteiger partial charge is 0.343 e. The second kappa shape index (κ2) is 3.50. The van der Waals surface area contributed by atoms with E-state index in [1.165, 1.54) is 16.7 Å². The van der Waals surface area contributed by atoms with Crippen molar-refractivity contribution in [3.63, 3.8) is 0 Å². The van der Waals surface area contributed by atoms with Crippen molar-refractivity contribution in [2.75, 3.05) is 0 Å². The lowest BCUT2D eigenvalue weighted by Gasteiger charge is -2.26. The Morgan fingerprint density at radius 2 is 2.40 bits per heavy atom. The number of hydrogen-bond donors (Lipinski definition) is 4. The van der Waals surface area contributed by atoms with Gasteiger partial charge in [-0.15, -0.1) is 5.53 Å². The number of hydrogen-bond acceptors (Lipinski definition) is 5. The van der Waals surface area contributed by atoms with E-state index in [-0.39, 0.29) is 0 Å². The molecular weight excluding hydrogens is 218 g/mol. The van der Waals surface area contributed by atoms with Gasteiger partial charge in [-0.25, -0.2) is 20.3 Å². The van der Waals surface area contributed by atoms with Crippen LogP contribution < -0.4 is 16.3 Å². The number of carbonyl (C=O) groups is 1. The van der Waals surface area contributed by atoms with Crippen LogP contribution in [0.5, 0.6) is 0 Å². The van der Waals surface area contributed by atoms with Crippen LogP contribution in [0.15, 0.2) is 23.8 Å². The average molecular weight is 227 g/mol. The van der Waals surface area contributed by atoms with Crippen molar-refractivity contribution < 1.29 is 10.0 Å². The first-order chi connectivity index (χ1) is 7.11. The minimum atomic E-state index is -0.695. The molecule has 2 rings (SSSR count). The van der Waals surface area contributed by atoms with Crippen molar-refractivity contribution in [2.24, 2.45) is 0 Å². The first kappa shape index (κ1) is 9.90. The third-order valence-corrected chi connectivity index (χ3v) is 2.20. The van der Waals surface area contributed by atoms with Gasteiger partial charge in [-0.3, -0.25) is 5.21 Å². The van der Waals surface area contributed by atoms with E-state index in [2.05, 4.69) is 10.9 Å². The monoisotopic (exact) mass is 227 g/mol. The van der Waals surface area contributed by atoms with E-state index in [9.17, 15) is 4.79 Å². The van der Waals surface area contributed by atoms with Crippen molar-refractivity contribution in [2.45, 2.75) is 6.92 Å². The van der Waals surface area contributed by atoms with Crippen LogP contribution in [0.1, 0.15) is 6.92 Å². The Morgan fingerprint density at radius 3 is 3.07 bits per heavy atom. The van der Waals surface area contributed by atoms with Crippen molar-refractivity contribution in [1.82, 2.24) is 26.3 Å². The van der Waals surface area contributed by atoms with Crippen LogP contribution in [0.2, 0.25) is 0 Å². The van der Waals surface area contributed by atoms with Crippen molar-refractivity contribution in [3.05, 3.63) is 23.8 Å². The van der Waals surface area contributed by atoms with Crippen LogP contribution in [-0.2, 0) is 0 Å². The topological polar surface area (TPSA) is 79.9 Å². The van der Waals surface area contributed by atoms with Gasteiger partial charge < -0.3 is 5.32 Å². The van der Waals surface area contributed by atoms with Crippen LogP contribution in [0.4, 0.5) is 4.79 Å². The summed E-state index contributed by atoms with van der Waals surface area (Å²) in [6.07, 6.45) is 3.23. The Morgan fingerprint density at radius 1 is 1.67 bits per heavy atom. The van der Waals surface area contributed by atoms with Gasteiger partial charge in [-0.1, -0.05) is 12.2 Å². The highest BCUT2D eigenvalue weighted by molar-refractivity contribution is 7.80. The number of allylic oxidation sites excluding steroid dienone is 1. The van der Waals surface area contributed by atoms with E-state index >= 15 is 0 Å². The predicted octanol–water partition coefficient (Wildman–Crippen LogP) is -0.244. The molecule has 0 radical (unpaired) electrons. The van der Waals surface area contributed by atoms with Gasteiger partial charge in [0.05, 0.1) is 6.20 Å². The number of hydroxylamine groups is 1. The zero-order valence-electron chi connectivity index (χ0n) is 7.81. The molecule has 0 bridgehead atoms. The molecule has 80 valence electrons. The van der Waals surface area contributed by atoms with E-state index in [0.717, 1.165) is 10.7 Å². The molecule has 8 heteroatoms. The highest BCUT2D eigenvalue weighted by atomic mass is 32.1. The second-order valence-corrected chi connectivity index (χ2v) is 3.45. The van der Waals surface area contributed by atoms with Gasteiger partial charge in [0.1, 0.15) is 10.8 Å². The van der Waals surface area contributed by atoms with E-state index in [1.807, 2.05) is 6.92 Å². The van der Waals surface area contributed by atoms with Gasteiger partial charge in [0.25, 0.3) is 0 Å². The third kappa shape index (κ3) is 1.65. The molecule has 0 aliphatic carbocycles. The molecule has 0 aromatic heterocycles. The molecule has 0 atom stereocenters. The first-order valence-corrected chi connectivity index (χ1v) is 4.53. The number of fused-ring (bicyclic) bond motifs is 1. The minimum absolute atomic E-state index is 0.533. The predicted molar refractivity (Wildman–Crippen MR) is 54.7 cm³/mol. The van der Waals surface area contributed by atoms with E-state index in [4.69, 9.17) is 17.4 Å². The molecule has 2 aliphatic rings. The summed E-state index contributed by atoms with van der Waals surface area (Å²) in [5.41, 5.74) is 5.06. The molecule has 4 N–H and O–H groups in total. The molecule has 2 amide bonds. The number of rotatable bonds is 0. The van der Waals surface area contributed by atoms with Crippen molar-refractivity contribution in [1.29, 1.82) is 0 Å². The van der Waals surface area contributed by atoms with Crippen LogP contribution in [0.25, 0.3) is 0 Å². The summed E-state index contributed by atoms with van der Waals surface area (Å²) in [5, 5.41) is 14.0. The zero-order chi connectivity index (χ0) is 11.0. The summed E-state index contributed by atoms with van der Waals surface area (Å²) < 4.78 is 0. The molecule has 0 aromatic carbocycles. The molecule has 0 unspecified atom stereocenters. The lowest BCUT2D eigenvalue weighted by atomic mass is 10.3. The van der Waals surface area contributed by atoms with Gasteiger partial charge in [0, 0.05) is 5.70 Å². The number of urea groups is 1. The molecule has 0 saturated carbocycles.